The Bertz CT molecular complexity index is 1580. The minimum absolute atomic E-state index is 0.226. The Morgan fingerprint density at radius 3 is 2.58 bits per heavy atom. The van der Waals surface area contributed by atoms with E-state index in [0.29, 0.717) is 47.0 Å². The van der Waals surface area contributed by atoms with Gasteiger partial charge < -0.3 is 14.6 Å². The summed E-state index contributed by atoms with van der Waals surface area (Å²) in [5.74, 6) is -3.37. The van der Waals surface area contributed by atoms with Crippen molar-refractivity contribution in [2.45, 2.75) is 19.8 Å². The summed E-state index contributed by atoms with van der Waals surface area (Å²) in [6.45, 7) is 2.40. The van der Waals surface area contributed by atoms with Crippen molar-refractivity contribution in [3.8, 4) is 11.4 Å². The SMILES string of the molecule is COc1cc(Nc2cc(Cl)c[n+]3c2=NCCCC=3c2cc(F)c(F)c(F)c2)ccc1-n1cnc(C)c1. The first kappa shape index (κ1) is 23.9. The zero-order valence-electron chi connectivity index (χ0n) is 19.5. The molecule has 0 saturated carbocycles. The molecule has 5 rings (SSSR count). The van der Waals surface area contributed by atoms with Gasteiger partial charge in [-0.1, -0.05) is 16.6 Å². The van der Waals surface area contributed by atoms with Crippen molar-refractivity contribution in [1.29, 1.82) is 0 Å². The molecule has 1 aliphatic heterocycles. The van der Waals surface area contributed by atoms with E-state index in [9.17, 15) is 13.2 Å². The molecule has 0 amide bonds. The van der Waals surface area contributed by atoms with Crippen LogP contribution < -0.4 is 19.8 Å². The van der Waals surface area contributed by atoms with Gasteiger partial charge in [-0.05, 0) is 43.7 Å². The summed E-state index contributed by atoms with van der Waals surface area (Å²) in [5.41, 5.74) is 4.35. The third-order valence-electron chi connectivity index (χ3n) is 5.89. The molecule has 0 fully saturated rings. The number of anilines is 2. The van der Waals surface area contributed by atoms with Crippen molar-refractivity contribution >= 4 is 23.0 Å². The molecule has 2 aromatic heterocycles. The van der Waals surface area contributed by atoms with Crippen LogP contribution in [-0.2, 0) is 0 Å². The Hall–Kier alpha value is -3.85. The van der Waals surface area contributed by atoms with E-state index in [1.54, 1.807) is 29.9 Å². The third-order valence-corrected chi connectivity index (χ3v) is 6.10. The number of benzene rings is 2. The van der Waals surface area contributed by atoms with Crippen LogP contribution in [0.3, 0.4) is 0 Å². The molecule has 2 aromatic carbocycles. The smallest absolute Gasteiger partial charge is 0.346 e. The van der Waals surface area contributed by atoms with Crippen LogP contribution in [0.2, 0.25) is 5.02 Å². The number of hydrogen-bond acceptors (Lipinski definition) is 4. The Morgan fingerprint density at radius 2 is 1.89 bits per heavy atom. The van der Waals surface area contributed by atoms with Crippen LogP contribution in [0.15, 0.2) is 60.1 Å². The number of aryl methyl sites for hydroxylation is 1. The van der Waals surface area contributed by atoms with Crippen molar-refractivity contribution in [3.63, 3.8) is 0 Å². The first-order valence-electron chi connectivity index (χ1n) is 11.2. The number of nitrogens with zero attached hydrogens (tertiary/aromatic N) is 4. The van der Waals surface area contributed by atoms with Crippen LogP contribution in [0, 0.1) is 30.1 Å². The van der Waals surface area contributed by atoms with Crippen LogP contribution in [0.25, 0.3) is 5.69 Å². The standard InChI is InChI=1S/C26H22ClF3N5O/c1-15-12-34(14-32-15)23-6-5-18(11-24(23)36-2)33-21-10-17(27)13-35-22(4-3-7-31-26(21)35)16-8-19(28)25(30)20(29)9-16/h5-6,8-14,33H,3-4,7H2,1-2H3/q+1. The summed E-state index contributed by atoms with van der Waals surface area (Å²) in [5, 5.41) is 3.72. The van der Waals surface area contributed by atoms with Crippen LogP contribution in [0.1, 0.15) is 24.1 Å². The predicted octanol–water partition coefficient (Wildman–Crippen LogP) is 5.13. The van der Waals surface area contributed by atoms with E-state index in [-0.39, 0.29) is 5.56 Å². The monoisotopic (exact) mass is 512 g/mol. The Labute approximate surface area is 210 Å². The molecule has 0 aliphatic carbocycles. The highest BCUT2D eigenvalue weighted by Gasteiger charge is 2.21. The summed E-state index contributed by atoms with van der Waals surface area (Å²) in [4.78, 5) is 8.95. The summed E-state index contributed by atoms with van der Waals surface area (Å²) < 4.78 is 50.8. The fourth-order valence-electron chi connectivity index (χ4n) is 4.25. The van der Waals surface area contributed by atoms with Gasteiger partial charge in [-0.2, -0.15) is 4.24 Å². The van der Waals surface area contributed by atoms with E-state index in [1.807, 2.05) is 35.9 Å². The average molecular weight is 513 g/mol. The number of nitrogens with one attached hydrogen (secondary N) is 1. The van der Waals surface area contributed by atoms with Gasteiger partial charge in [0.25, 0.3) is 0 Å². The number of halogens is 4. The highest BCUT2D eigenvalue weighted by Crippen LogP contribution is 2.28. The molecule has 184 valence electrons. The maximum Gasteiger partial charge on any atom is 0.346 e. The first-order valence-corrected chi connectivity index (χ1v) is 11.6. The summed E-state index contributed by atoms with van der Waals surface area (Å²) in [6.07, 6.45) is 6.36. The lowest BCUT2D eigenvalue weighted by Gasteiger charge is -2.12. The molecule has 0 spiro atoms. The van der Waals surface area contributed by atoms with E-state index in [2.05, 4.69) is 15.3 Å². The van der Waals surface area contributed by atoms with Crippen molar-refractivity contribution in [2.75, 3.05) is 19.0 Å². The third kappa shape index (κ3) is 4.54. The van der Waals surface area contributed by atoms with Crippen LogP contribution in [0.4, 0.5) is 24.5 Å². The summed E-state index contributed by atoms with van der Waals surface area (Å²) in [6, 6.07) is 9.34. The Morgan fingerprint density at radius 1 is 1.11 bits per heavy atom. The molecule has 6 nitrogen and oxygen atoms in total. The second-order valence-electron chi connectivity index (χ2n) is 8.39. The van der Waals surface area contributed by atoms with Crippen LogP contribution >= 0.6 is 11.6 Å². The number of aromatic nitrogens is 3. The number of fused-ring (bicyclic) bond motifs is 1. The van der Waals surface area contributed by atoms with Gasteiger partial charge in [0.1, 0.15) is 29.9 Å². The maximum atomic E-state index is 14.0. The molecule has 3 heterocycles. The molecule has 10 heteroatoms. The number of pyridine rings is 1. The second kappa shape index (κ2) is 9.66. The largest absolute Gasteiger partial charge is 0.494 e. The van der Waals surface area contributed by atoms with Gasteiger partial charge >= 0.3 is 5.49 Å². The molecule has 1 N–H and O–H groups in total. The molecular weight excluding hydrogens is 491 g/mol. The molecule has 36 heavy (non-hydrogen) atoms. The topological polar surface area (TPSA) is 57.3 Å². The van der Waals surface area contributed by atoms with Crippen molar-refractivity contribution < 1.29 is 22.2 Å². The van der Waals surface area contributed by atoms with E-state index >= 15 is 0 Å². The van der Waals surface area contributed by atoms with Crippen molar-refractivity contribution in [2.24, 2.45) is 4.99 Å². The number of rotatable bonds is 5. The first-order chi connectivity index (χ1) is 17.3. The molecular formula is C26H22ClF3N5O+. The fraction of sp³-hybridized carbons (Fsp3) is 0.192. The van der Waals surface area contributed by atoms with Gasteiger partial charge in [0.15, 0.2) is 17.5 Å². The minimum atomic E-state index is -1.50. The fourth-order valence-corrected chi connectivity index (χ4v) is 4.45. The molecule has 4 aromatic rings. The zero-order chi connectivity index (χ0) is 25.4. The molecule has 0 bridgehead atoms. The minimum Gasteiger partial charge on any atom is -0.494 e. The molecule has 0 unspecified atom stereocenters. The van der Waals surface area contributed by atoms with Gasteiger partial charge in [-0.15, -0.1) is 0 Å². The number of ether oxygens (including phenoxy) is 1. The lowest BCUT2D eigenvalue weighted by atomic mass is 10.0. The van der Waals surface area contributed by atoms with Gasteiger partial charge in [-0.3, -0.25) is 0 Å². The summed E-state index contributed by atoms with van der Waals surface area (Å²) >= 11 is 6.45. The van der Waals surface area contributed by atoms with Gasteiger partial charge in [0.2, 0.25) is 0 Å². The van der Waals surface area contributed by atoms with Gasteiger partial charge in [0.05, 0.1) is 29.8 Å². The quantitative estimate of drug-likeness (QED) is 0.298. The Kier molecular flexibility index (Phi) is 6.40. The highest BCUT2D eigenvalue weighted by molar-refractivity contribution is 6.30. The lowest BCUT2D eigenvalue weighted by molar-refractivity contribution is -0.539. The lowest BCUT2D eigenvalue weighted by Crippen LogP contribution is -2.42. The number of methoxy groups -OCH3 is 1. The molecule has 1 aliphatic rings. The van der Waals surface area contributed by atoms with E-state index in [1.165, 1.54) is 0 Å². The Balaban J connectivity index is 1.63. The van der Waals surface area contributed by atoms with E-state index in [0.717, 1.165) is 29.2 Å². The second-order valence-corrected chi connectivity index (χ2v) is 8.82. The summed E-state index contributed by atoms with van der Waals surface area (Å²) in [7, 11) is 1.59. The molecule has 0 radical (unpaired) electrons. The van der Waals surface area contributed by atoms with Crippen LogP contribution in [0.5, 0.6) is 5.75 Å². The van der Waals surface area contributed by atoms with Gasteiger partial charge in [-0.25, -0.2) is 18.2 Å². The number of hydrogen-bond donors (Lipinski definition) is 1. The van der Waals surface area contributed by atoms with Crippen LogP contribution in [-0.4, -0.2) is 23.2 Å². The molecule has 0 atom stereocenters. The van der Waals surface area contributed by atoms with E-state index < -0.39 is 17.5 Å². The van der Waals surface area contributed by atoms with E-state index in [4.69, 9.17) is 16.3 Å². The van der Waals surface area contributed by atoms with Crippen molar-refractivity contribution in [3.05, 3.63) is 100 Å². The zero-order valence-corrected chi connectivity index (χ0v) is 20.3. The highest BCUT2D eigenvalue weighted by atomic mass is 35.5. The normalized spacial score (nSPS) is 13.1. The average Bonchev–Trinajstić information content (AvgIpc) is 3.17. The molecule has 0 saturated heterocycles. The van der Waals surface area contributed by atoms with Gasteiger partial charge in [0, 0.05) is 29.9 Å². The predicted molar refractivity (Wildman–Crippen MR) is 129 cm³/mol. The van der Waals surface area contributed by atoms with Crippen molar-refractivity contribution in [1.82, 2.24) is 9.55 Å². The number of imidazole rings is 1. The maximum absolute atomic E-state index is 14.0.